The van der Waals surface area contributed by atoms with Gasteiger partial charge in [0.15, 0.2) is 0 Å². The lowest BCUT2D eigenvalue weighted by Crippen LogP contribution is -2.63. The number of hydrogen-bond acceptors (Lipinski definition) is 6. The fourth-order valence-corrected chi connectivity index (χ4v) is 3.03. The average molecular weight is 360 g/mol. The molecule has 6 nitrogen and oxygen atoms in total. The number of hydrogen-bond donors (Lipinski definition) is 3. The van der Waals surface area contributed by atoms with Gasteiger partial charge in [-0.05, 0) is 13.3 Å². The zero-order valence-electron chi connectivity index (χ0n) is 15.8. The summed E-state index contributed by atoms with van der Waals surface area (Å²) in [7, 11) is 0. The van der Waals surface area contributed by atoms with Crippen LogP contribution in [0.15, 0.2) is 12.3 Å². The van der Waals surface area contributed by atoms with Gasteiger partial charge in [0.2, 0.25) is 6.29 Å². The van der Waals surface area contributed by atoms with Gasteiger partial charge in [-0.1, -0.05) is 57.9 Å². The smallest absolute Gasteiger partial charge is 0.217 e. The first kappa shape index (κ1) is 22.4. The molecule has 1 saturated heterocycles. The van der Waals surface area contributed by atoms with Crippen LogP contribution in [0.2, 0.25) is 0 Å². The molecule has 0 saturated carbocycles. The monoisotopic (exact) mass is 359 g/mol. The Morgan fingerprint density at radius 2 is 1.72 bits per heavy atom. The molecule has 0 spiro atoms. The molecule has 0 radical (unpaired) electrons. The maximum Gasteiger partial charge on any atom is 0.217 e. The van der Waals surface area contributed by atoms with E-state index in [1.165, 1.54) is 44.8 Å². The zero-order valence-corrected chi connectivity index (χ0v) is 15.8. The van der Waals surface area contributed by atoms with Crippen molar-refractivity contribution in [1.82, 2.24) is 0 Å². The summed E-state index contributed by atoms with van der Waals surface area (Å²) in [5.74, 6) is 0. The molecule has 1 aliphatic rings. The molecule has 6 heteroatoms. The Bertz CT molecular complexity index is 353. The van der Waals surface area contributed by atoms with Gasteiger partial charge in [0, 0.05) is 6.61 Å². The molecular weight excluding hydrogens is 322 g/mol. The first-order chi connectivity index (χ1) is 12.2. The van der Waals surface area contributed by atoms with E-state index in [2.05, 4.69) is 6.92 Å². The lowest BCUT2D eigenvalue weighted by molar-refractivity contribution is -0.258. The highest BCUT2D eigenvalue weighted by molar-refractivity contribution is 4.93. The minimum atomic E-state index is -0.959. The zero-order chi connectivity index (χ0) is 18.5. The Morgan fingerprint density at radius 1 is 1.08 bits per heavy atom. The molecule has 1 unspecified atom stereocenters. The van der Waals surface area contributed by atoms with Gasteiger partial charge < -0.3 is 30.2 Å². The molecule has 0 aromatic carbocycles. The van der Waals surface area contributed by atoms with Gasteiger partial charge in [0.1, 0.15) is 18.3 Å². The third kappa shape index (κ3) is 8.05. The Hall–Kier alpha value is -0.660. The van der Waals surface area contributed by atoms with Crippen molar-refractivity contribution in [2.24, 2.45) is 5.73 Å². The van der Waals surface area contributed by atoms with Crippen LogP contribution in [0.5, 0.6) is 0 Å². The minimum Gasteiger partial charge on any atom is -0.471 e. The molecular formula is C19H37NO5. The lowest BCUT2D eigenvalue weighted by Gasteiger charge is -2.42. The quantitative estimate of drug-likeness (QED) is 0.345. The minimum absolute atomic E-state index is 0.304. The average Bonchev–Trinajstić information content (AvgIpc) is 2.62. The largest absolute Gasteiger partial charge is 0.471 e. The normalized spacial score (nSPS) is 30.0. The molecule has 0 aromatic heterocycles. The van der Waals surface area contributed by atoms with E-state index >= 15 is 0 Å². The molecule has 0 aliphatic carbocycles. The summed E-state index contributed by atoms with van der Waals surface area (Å²) in [5.41, 5.74) is 6.13. The van der Waals surface area contributed by atoms with Crippen molar-refractivity contribution >= 4 is 0 Å². The molecule has 1 fully saturated rings. The molecule has 0 amide bonds. The van der Waals surface area contributed by atoms with Crippen molar-refractivity contribution < 1.29 is 24.4 Å². The highest BCUT2D eigenvalue weighted by Gasteiger charge is 2.44. The summed E-state index contributed by atoms with van der Waals surface area (Å²) in [5, 5.41) is 19.7. The van der Waals surface area contributed by atoms with E-state index in [1.54, 1.807) is 6.08 Å². The highest BCUT2D eigenvalue weighted by atomic mass is 16.7. The summed E-state index contributed by atoms with van der Waals surface area (Å²) in [6, 6.07) is -0.608. The standard InChI is InChI=1S/C19H37NO5/c1-3-5-6-7-8-9-10-11-13-23-18-16(20)19(24-12-4-2)25-15(14-21)17(18)22/h4,12,15-19,21-22H,3,5-11,13-14,20H2,1-2H3/b12-4-/t15-,16-,17-,18?,19+/m1/s1. The molecule has 25 heavy (non-hydrogen) atoms. The van der Waals surface area contributed by atoms with E-state index in [1.807, 2.05) is 6.92 Å². The number of rotatable bonds is 13. The number of aliphatic hydroxyl groups is 2. The predicted molar refractivity (Wildman–Crippen MR) is 98.0 cm³/mol. The molecule has 0 aromatic rings. The number of nitrogens with two attached hydrogens (primary N) is 1. The van der Waals surface area contributed by atoms with E-state index in [9.17, 15) is 10.2 Å². The summed E-state index contributed by atoms with van der Waals surface area (Å²) < 4.78 is 16.7. The van der Waals surface area contributed by atoms with Crippen molar-refractivity contribution in [3.05, 3.63) is 12.3 Å². The Balaban J connectivity index is 2.30. The number of aliphatic hydroxyl groups excluding tert-OH is 2. The highest BCUT2D eigenvalue weighted by Crippen LogP contribution is 2.23. The van der Waals surface area contributed by atoms with Gasteiger partial charge in [0.25, 0.3) is 0 Å². The second-order valence-electron chi connectivity index (χ2n) is 6.71. The molecule has 148 valence electrons. The fraction of sp³-hybridized carbons (Fsp3) is 0.895. The molecule has 0 bridgehead atoms. The van der Waals surface area contributed by atoms with E-state index in [0.717, 1.165) is 12.8 Å². The van der Waals surface area contributed by atoms with Gasteiger partial charge in [0.05, 0.1) is 18.9 Å². The lowest BCUT2D eigenvalue weighted by atomic mass is 9.97. The first-order valence-electron chi connectivity index (χ1n) is 9.73. The summed E-state index contributed by atoms with van der Waals surface area (Å²) in [4.78, 5) is 0. The summed E-state index contributed by atoms with van der Waals surface area (Å²) in [6.45, 7) is 4.28. The molecule has 1 rings (SSSR count). The SMILES string of the molecule is C/C=C\O[C@H]1O[C@H](CO)[C@@H](O)C(OCCCCCCCCCC)[C@H]1N. The van der Waals surface area contributed by atoms with Gasteiger partial charge in [-0.2, -0.15) is 0 Å². The summed E-state index contributed by atoms with van der Waals surface area (Å²) >= 11 is 0. The first-order valence-corrected chi connectivity index (χ1v) is 9.73. The molecule has 1 heterocycles. The third-order valence-electron chi connectivity index (χ3n) is 4.56. The Labute approximate surface area is 152 Å². The van der Waals surface area contributed by atoms with Gasteiger partial charge in [-0.15, -0.1) is 0 Å². The van der Waals surface area contributed by atoms with Crippen molar-refractivity contribution in [2.45, 2.75) is 95.9 Å². The topological polar surface area (TPSA) is 94.2 Å². The van der Waals surface area contributed by atoms with E-state index in [4.69, 9.17) is 19.9 Å². The maximum absolute atomic E-state index is 10.3. The second kappa shape index (κ2) is 13.5. The molecule has 5 atom stereocenters. The van der Waals surface area contributed by atoms with Crippen molar-refractivity contribution in [3.63, 3.8) is 0 Å². The van der Waals surface area contributed by atoms with Crippen LogP contribution in [-0.4, -0.2) is 54.1 Å². The predicted octanol–water partition coefficient (Wildman–Crippen LogP) is 2.47. The maximum atomic E-state index is 10.3. The van der Waals surface area contributed by atoms with Crippen LogP contribution in [0.25, 0.3) is 0 Å². The van der Waals surface area contributed by atoms with Gasteiger partial charge >= 0.3 is 0 Å². The Kier molecular flexibility index (Phi) is 12.1. The van der Waals surface area contributed by atoms with Crippen LogP contribution in [0.4, 0.5) is 0 Å². The van der Waals surface area contributed by atoms with E-state index in [-0.39, 0.29) is 6.61 Å². The van der Waals surface area contributed by atoms with Crippen LogP contribution >= 0.6 is 0 Å². The van der Waals surface area contributed by atoms with Crippen molar-refractivity contribution in [2.75, 3.05) is 13.2 Å². The Morgan fingerprint density at radius 3 is 2.32 bits per heavy atom. The number of allylic oxidation sites excluding steroid dienone is 1. The second-order valence-corrected chi connectivity index (χ2v) is 6.71. The van der Waals surface area contributed by atoms with Crippen molar-refractivity contribution in [1.29, 1.82) is 0 Å². The van der Waals surface area contributed by atoms with Crippen LogP contribution in [-0.2, 0) is 14.2 Å². The number of unbranched alkanes of at least 4 members (excludes halogenated alkanes) is 7. The van der Waals surface area contributed by atoms with E-state index in [0.29, 0.717) is 6.61 Å². The van der Waals surface area contributed by atoms with Gasteiger partial charge in [-0.3, -0.25) is 0 Å². The molecule has 1 aliphatic heterocycles. The van der Waals surface area contributed by atoms with Gasteiger partial charge in [-0.25, -0.2) is 0 Å². The summed E-state index contributed by atoms with van der Waals surface area (Å²) in [6.07, 6.45) is 9.93. The van der Waals surface area contributed by atoms with Crippen LogP contribution in [0.1, 0.15) is 65.2 Å². The van der Waals surface area contributed by atoms with Crippen molar-refractivity contribution in [3.8, 4) is 0 Å². The molecule has 4 N–H and O–H groups in total. The van der Waals surface area contributed by atoms with Crippen LogP contribution in [0.3, 0.4) is 0 Å². The third-order valence-corrected chi connectivity index (χ3v) is 4.56. The van der Waals surface area contributed by atoms with Crippen LogP contribution < -0.4 is 5.73 Å². The fourth-order valence-electron chi connectivity index (χ4n) is 3.03. The van der Waals surface area contributed by atoms with E-state index < -0.39 is 30.6 Å². The van der Waals surface area contributed by atoms with Crippen LogP contribution in [0, 0.1) is 0 Å². The number of ether oxygens (including phenoxy) is 3.